The first kappa shape index (κ1) is 23.8. The fraction of sp³-hybridized carbons (Fsp3) is 0.348. The van der Waals surface area contributed by atoms with E-state index in [1.54, 1.807) is 6.92 Å². The quantitative estimate of drug-likeness (QED) is 0.552. The molecule has 1 aliphatic rings. The second-order valence-electron chi connectivity index (χ2n) is 8.11. The van der Waals surface area contributed by atoms with E-state index in [2.05, 4.69) is 34.3 Å². The van der Waals surface area contributed by atoms with Gasteiger partial charge in [0.15, 0.2) is 0 Å². The predicted molar refractivity (Wildman–Crippen MR) is 128 cm³/mol. The van der Waals surface area contributed by atoms with E-state index in [1.807, 2.05) is 16.3 Å². The average molecular weight is 489 g/mol. The van der Waals surface area contributed by atoms with Gasteiger partial charge in [0, 0.05) is 55.8 Å². The summed E-state index contributed by atoms with van der Waals surface area (Å²) in [4.78, 5) is 29.1. The molecule has 0 aliphatic carbocycles. The molecule has 0 unspecified atom stereocenters. The molecule has 180 valence electrons. The molecule has 4 rings (SSSR count). The minimum Gasteiger partial charge on any atom is -0.368 e. The third-order valence-corrected chi connectivity index (χ3v) is 6.84. The molecule has 1 aromatic carbocycles. The van der Waals surface area contributed by atoms with Crippen molar-refractivity contribution in [1.29, 1.82) is 0 Å². The monoisotopic (exact) mass is 488 g/mol. The molecule has 2 aromatic heterocycles. The molecule has 2 N–H and O–H groups in total. The fourth-order valence-electron chi connectivity index (χ4n) is 3.90. The summed E-state index contributed by atoms with van der Waals surface area (Å²) in [5.41, 5.74) is 7.78. The Labute approximate surface area is 199 Å². The fourth-order valence-corrected chi connectivity index (χ4v) is 4.79. The zero-order chi connectivity index (χ0) is 24.2. The number of benzene rings is 1. The molecule has 0 bridgehead atoms. The summed E-state index contributed by atoms with van der Waals surface area (Å²) in [6.07, 6.45) is -0.525. The van der Waals surface area contributed by atoms with Crippen molar-refractivity contribution in [2.75, 3.05) is 37.6 Å². The number of hydrogen-bond donors (Lipinski definition) is 1. The molecular formula is C23H26F2N6O2S. The highest BCUT2D eigenvalue weighted by atomic mass is 32.1. The first-order valence-corrected chi connectivity index (χ1v) is 11.8. The van der Waals surface area contributed by atoms with Gasteiger partial charge in [0.1, 0.15) is 6.33 Å². The lowest BCUT2D eigenvalue weighted by Crippen LogP contribution is -2.48. The Morgan fingerprint density at radius 1 is 1.12 bits per heavy atom. The van der Waals surface area contributed by atoms with Crippen molar-refractivity contribution < 1.29 is 13.6 Å². The third-order valence-electron chi connectivity index (χ3n) is 5.92. The number of hydrogen-bond acceptors (Lipinski definition) is 6. The maximum absolute atomic E-state index is 12.8. The van der Waals surface area contributed by atoms with Gasteiger partial charge < -0.3 is 15.5 Å². The summed E-state index contributed by atoms with van der Waals surface area (Å²) in [5, 5.41) is 5.96. The number of nitrogens with two attached hydrogens (primary N) is 1. The lowest BCUT2D eigenvalue weighted by Gasteiger charge is -2.35. The Morgan fingerprint density at radius 3 is 2.44 bits per heavy atom. The molecule has 1 aliphatic heterocycles. The molecule has 11 heteroatoms. The minimum absolute atomic E-state index is 0.115. The van der Waals surface area contributed by atoms with Crippen LogP contribution in [0.2, 0.25) is 0 Å². The number of nitrogens with zero attached hydrogens (tertiary/aromatic N) is 5. The first-order valence-electron chi connectivity index (χ1n) is 10.9. The number of carbonyl (C=O) groups excluding carboxylic acids is 1. The zero-order valence-corrected chi connectivity index (χ0v) is 19.6. The molecule has 1 saturated heterocycles. The Balaban J connectivity index is 1.41. The lowest BCUT2D eigenvalue weighted by atomic mass is 10.1. The number of piperazine rings is 1. The van der Waals surface area contributed by atoms with Gasteiger partial charge in [-0.15, -0.1) is 11.3 Å². The van der Waals surface area contributed by atoms with Gasteiger partial charge in [0.05, 0.1) is 13.1 Å². The van der Waals surface area contributed by atoms with Crippen LogP contribution >= 0.6 is 11.3 Å². The summed E-state index contributed by atoms with van der Waals surface area (Å²) in [6.45, 7) is 4.34. The standard InChI is InChI=1S/C23H26F2N6O2S/c1-16(32)28-6-8-29(9-7-28)20-4-2-17(3-5-20)18-10-21(34-14-18)13-30-15-27-31(23(30)33)12-19(11-26)22(24)25/h2-5,10,14-15H,6-9,11-13,26H2,1H3. The maximum atomic E-state index is 12.8. The van der Waals surface area contributed by atoms with E-state index in [0.717, 1.165) is 52.6 Å². The van der Waals surface area contributed by atoms with Gasteiger partial charge in [-0.1, -0.05) is 12.1 Å². The topological polar surface area (TPSA) is 89.4 Å². The summed E-state index contributed by atoms with van der Waals surface area (Å²) in [7, 11) is 0. The molecule has 34 heavy (non-hydrogen) atoms. The second-order valence-corrected chi connectivity index (χ2v) is 9.10. The van der Waals surface area contributed by atoms with Gasteiger partial charge >= 0.3 is 5.69 Å². The molecular weight excluding hydrogens is 462 g/mol. The SMILES string of the molecule is CC(=O)N1CCN(c2ccc(-c3csc(Cn4cnn(CC(CN)=C(F)F)c4=O)c3)cc2)CC1. The highest BCUT2D eigenvalue weighted by Gasteiger charge is 2.19. The number of halogens is 2. The van der Waals surface area contributed by atoms with Crippen LogP contribution in [0.15, 0.2) is 58.5 Å². The zero-order valence-electron chi connectivity index (χ0n) is 18.8. The van der Waals surface area contributed by atoms with Crippen LogP contribution in [-0.4, -0.2) is 57.9 Å². The van der Waals surface area contributed by atoms with Crippen LogP contribution in [0.25, 0.3) is 11.1 Å². The summed E-state index contributed by atoms with van der Waals surface area (Å²) in [5.74, 6) is 0.115. The second kappa shape index (κ2) is 10.3. The van der Waals surface area contributed by atoms with Crippen LogP contribution in [-0.2, 0) is 17.9 Å². The van der Waals surface area contributed by atoms with Gasteiger partial charge in [-0.2, -0.15) is 13.9 Å². The van der Waals surface area contributed by atoms with Crippen molar-refractivity contribution in [2.45, 2.75) is 20.0 Å². The summed E-state index contributed by atoms with van der Waals surface area (Å²) < 4.78 is 28.1. The smallest absolute Gasteiger partial charge is 0.346 e. The van der Waals surface area contributed by atoms with E-state index in [-0.39, 0.29) is 24.6 Å². The highest BCUT2D eigenvalue weighted by molar-refractivity contribution is 7.10. The molecule has 0 saturated carbocycles. The summed E-state index contributed by atoms with van der Waals surface area (Å²) >= 11 is 1.52. The lowest BCUT2D eigenvalue weighted by molar-refractivity contribution is -0.129. The van der Waals surface area contributed by atoms with Crippen LogP contribution in [0.5, 0.6) is 0 Å². The van der Waals surface area contributed by atoms with Gasteiger partial charge in [0.2, 0.25) is 5.91 Å². The number of anilines is 1. The van der Waals surface area contributed by atoms with Crippen molar-refractivity contribution in [2.24, 2.45) is 5.73 Å². The number of aromatic nitrogens is 3. The third kappa shape index (κ3) is 5.26. The highest BCUT2D eigenvalue weighted by Crippen LogP contribution is 2.28. The first-order chi connectivity index (χ1) is 16.4. The van der Waals surface area contributed by atoms with Crippen LogP contribution in [0, 0.1) is 0 Å². The van der Waals surface area contributed by atoms with E-state index >= 15 is 0 Å². The Morgan fingerprint density at radius 2 is 1.82 bits per heavy atom. The van der Waals surface area contributed by atoms with Gasteiger partial charge in [-0.25, -0.2) is 9.48 Å². The van der Waals surface area contributed by atoms with Crippen LogP contribution in [0.3, 0.4) is 0 Å². The van der Waals surface area contributed by atoms with Crippen LogP contribution in [0.4, 0.5) is 14.5 Å². The van der Waals surface area contributed by atoms with Crippen molar-refractivity contribution >= 4 is 22.9 Å². The Bertz CT molecular complexity index is 1230. The van der Waals surface area contributed by atoms with Crippen molar-refractivity contribution in [1.82, 2.24) is 19.2 Å². The number of amides is 1. The maximum Gasteiger partial charge on any atom is 0.346 e. The minimum atomic E-state index is -1.88. The molecule has 3 heterocycles. The van der Waals surface area contributed by atoms with Crippen LogP contribution in [0.1, 0.15) is 11.8 Å². The van der Waals surface area contributed by atoms with Gasteiger partial charge in [-0.05, 0) is 34.7 Å². The molecule has 1 fully saturated rings. The number of thiophene rings is 1. The summed E-state index contributed by atoms with van der Waals surface area (Å²) in [6, 6.07) is 10.3. The van der Waals surface area contributed by atoms with Crippen molar-refractivity contribution in [3.8, 4) is 11.1 Å². The van der Waals surface area contributed by atoms with Crippen molar-refractivity contribution in [3.63, 3.8) is 0 Å². The molecule has 0 spiro atoms. The van der Waals surface area contributed by atoms with E-state index in [0.29, 0.717) is 6.54 Å². The number of rotatable bonds is 7. The molecule has 0 atom stereocenters. The van der Waals surface area contributed by atoms with Gasteiger partial charge in [0.25, 0.3) is 6.08 Å². The Hall–Kier alpha value is -3.31. The largest absolute Gasteiger partial charge is 0.368 e. The molecule has 8 nitrogen and oxygen atoms in total. The predicted octanol–water partition coefficient (Wildman–Crippen LogP) is 2.60. The molecule has 0 radical (unpaired) electrons. The molecule has 3 aromatic rings. The van der Waals surface area contributed by atoms with E-state index < -0.39 is 11.8 Å². The Kier molecular flexibility index (Phi) is 7.23. The van der Waals surface area contributed by atoms with E-state index in [9.17, 15) is 18.4 Å². The van der Waals surface area contributed by atoms with E-state index in [4.69, 9.17) is 5.73 Å². The van der Waals surface area contributed by atoms with E-state index in [1.165, 1.54) is 22.2 Å². The molecule has 1 amide bonds. The van der Waals surface area contributed by atoms with Crippen LogP contribution < -0.4 is 16.3 Å². The number of carbonyl (C=O) groups is 1. The van der Waals surface area contributed by atoms with Gasteiger partial charge in [-0.3, -0.25) is 9.36 Å². The van der Waals surface area contributed by atoms with Crippen molar-refractivity contribution in [3.05, 3.63) is 69.1 Å². The normalized spacial score (nSPS) is 13.9. The average Bonchev–Trinajstić information content (AvgIpc) is 3.44.